The molecule has 2 heterocycles. The van der Waals surface area contributed by atoms with Crippen molar-refractivity contribution in [2.75, 3.05) is 6.54 Å². The van der Waals surface area contributed by atoms with E-state index in [1.54, 1.807) is 0 Å². The van der Waals surface area contributed by atoms with Crippen LogP contribution >= 0.6 is 0 Å². The van der Waals surface area contributed by atoms with Crippen LogP contribution in [0.15, 0.2) is 42.6 Å². The molecule has 4 N–H and O–H groups in total. The summed E-state index contributed by atoms with van der Waals surface area (Å²) in [5, 5.41) is 3.68. The summed E-state index contributed by atoms with van der Waals surface area (Å²) in [7, 11) is 0. The maximum absolute atomic E-state index is 6.32. The Kier molecular flexibility index (Phi) is 5.27. The highest BCUT2D eigenvalue weighted by Crippen LogP contribution is 2.27. The highest BCUT2D eigenvalue weighted by Gasteiger charge is 2.20. The molecule has 0 radical (unpaired) electrons. The van der Waals surface area contributed by atoms with Crippen LogP contribution < -0.4 is 11.1 Å². The van der Waals surface area contributed by atoms with E-state index in [1.165, 1.54) is 24.1 Å². The summed E-state index contributed by atoms with van der Waals surface area (Å²) in [5.74, 6) is 0.983. The Morgan fingerprint density at radius 1 is 1.23 bits per heavy atom. The number of para-hydroxylation sites is 2. The lowest BCUT2D eigenvalue weighted by Crippen LogP contribution is -2.29. The number of H-pyrrole nitrogens is 1. The molecule has 1 aliphatic rings. The minimum absolute atomic E-state index is 0.133. The molecular formula is C21H27N5. The molecule has 0 aliphatic heterocycles. The third kappa shape index (κ3) is 3.94. The molecular weight excluding hydrogens is 322 g/mol. The van der Waals surface area contributed by atoms with Gasteiger partial charge in [0.25, 0.3) is 0 Å². The van der Waals surface area contributed by atoms with Crippen LogP contribution in [0.2, 0.25) is 0 Å². The van der Waals surface area contributed by atoms with Gasteiger partial charge in [0.15, 0.2) is 0 Å². The largest absolute Gasteiger partial charge is 0.342 e. The molecule has 0 saturated carbocycles. The zero-order chi connectivity index (χ0) is 17.8. The predicted octanol–water partition coefficient (Wildman–Crippen LogP) is 3.28. The molecule has 0 bridgehead atoms. The summed E-state index contributed by atoms with van der Waals surface area (Å²) in [6.45, 7) is 0.981. The third-order valence-corrected chi connectivity index (χ3v) is 5.23. The lowest BCUT2D eigenvalue weighted by molar-refractivity contribution is 0.433. The second-order valence-electron chi connectivity index (χ2n) is 7.25. The molecule has 0 spiro atoms. The quantitative estimate of drug-likeness (QED) is 0.572. The molecule has 2 atom stereocenters. The van der Waals surface area contributed by atoms with Crippen molar-refractivity contribution in [2.45, 2.75) is 50.6 Å². The monoisotopic (exact) mass is 349 g/mol. The van der Waals surface area contributed by atoms with Crippen LogP contribution in [0.3, 0.4) is 0 Å². The molecule has 2 unspecified atom stereocenters. The van der Waals surface area contributed by atoms with Crippen molar-refractivity contribution in [2.24, 2.45) is 5.73 Å². The summed E-state index contributed by atoms with van der Waals surface area (Å²) >= 11 is 0. The zero-order valence-corrected chi connectivity index (χ0v) is 15.1. The van der Waals surface area contributed by atoms with Crippen molar-refractivity contribution in [3.05, 3.63) is 59.7 Å². The van der Waals surface area contributed by atoms with Gasteiger partial charge in [-0.05, 0) is 62.4 Å². The van der Waals surface area contributed by atoms with Crippen molar-refractivity contribution in [1.29, 1.82) is 0 Å². The average molecular weight is 349 g/mol. The van der Waals surface area contributed by atoms with E-state index in [2.05, 4.69) is 32.4 Å². The molecule has 0 fully saturated rings. The first-order chi connectivity index (χ1) is 12.8. The number of aryl methyl sites for hydroxylation is 1. The van der Waals surface area contributed by atoms with Gasteiger partial charge in [-0.2, -0.15) is 0 Å². The number of rotatable bonds is 7. The summed E-state index contributed by atoms with van der Waals surface area (Å²) in [6.07, 6.45) is 8.33. The third-order valence-electron chi connectivity index (χ3n) is 5.23. The number of aromatic nitrogens is 3. The molecule has 1 aliphatic carbocycles. The van der Waals surface area contributed by atoms with Gasteiger partial charge >= 0.3 is 0 Å². The number of aromatic amines is 1. The Hall–Kier alpha value is -2.24. The van der Waals surface area contributed by atoms with Gasteiger partial charge in [0.2, 0.25) is 0 Å². The number of pyridine rings is 1. The first-order valence-corrected chi connectivity index (χ1v) is 9.66. The van der Waals surface area contributed by atoms with Crippen molar-refractivity contribution in [3.8, 4) is 0 Å². The molecule has 26 heavy (non-hydrogen) atoms. The number of hydrogen-bond donors (Lipinski definition) is 3. The van der Waals surface area contributed by atoms with Crippen LogP contribution in [0.5, 0.6) is 0 Å². The van der Waals surface area contributed by atoms with Crippen molar-refractivity contribution >= 4 is 11.0 Å². The van der Waals surface area contributed by atoms with E-state index in [0.29, 0.717) is 6.04 Å². The fourth-order valence-corrected chi connectivity index (χ4v) is 3.90. The Balaban J connectivity index is 1.23. The number of benzene rings is 1. The minimum Gasteiger partial charge on any atom is -0.342 e. The standard InChI is InChI=1S/C21H27N5/c22-16(14-20-25-17-9-1-2-10-18(17)26-20)8-5-12-23-19-11-3-6-15-7-4-13-24-21(15)19/h1-2,4,7,9-10,13,16,19,23H,3,5-6,8,11-12,14,22H2,(H,25,26). The second kappa shape index (κ2) is 7.98. The van der Waals surface area contributed by atoms with E-state index in [1.807, 2.05) is 30.5 Å². The van der Waals surface area contributed by atoms with Gasteiger partial charge in [0, 0.05) is 24.7 Å². The predicted molar refractivity (Wildman–Crippen MR) is 105 cm³/mol. The number of hydrogen-bond acceptors (Lipinski definition) is 4. The smallest absolute Gasteiger partial charge is 0.108 e. The molecule has 1 aromatic carbocycles. The van der Waals surface area contributed by atoms with Gasteiger partial charge in [-0.3, -0.25) is 4.98 Å². The van der Waals surface area contributed by atoms with E-state index in [0.717, 1.165) is 49.1 Å². The maximum atomic E-state index is 6.32. The Morgan fingerprint density at radius 2 is 2.15 bits per heavy atom. The molecule has 0 amide bonds. The first kappa shape index (κ1) is 17.2. The molecule has 2 aromatic heterocycles. The van der Waals surface area contributed by atoms with E-state index < -0.39 is 0 Å². The topological polar surface area (TPSA) is 79.6 Å². The van der Waals surface area contributed by atoms with Crippen LogP contribution in [-0.4, -0.2) is 27.5 Å². The lowest BCUT2D eigenvalue weighted by Gasteiger charge is -2.25. The fourth-order valence-electron chi connectivity index (χ4n) is 3.90. The van der Waals surface area contributed by atoms with Crippen LogP contribution in [0.1, 0.15) is 48.8 Å². The molecule has 4 rings (SSSR count). The number of nitrogens with one attached hydrogen (secondary N) is 2. The van der Waals surface area contributed by atoms with Gasteiger partial charge in [-0.15, -0.1) is 0 Å². The molecule has 136 valence electrons. The SMILES string of the molecule is NC(CCCNC1CCCc2cccnc21)Cc1nc2ccccc2[nH]1. The summed E-state index contributed by atoms with van der Waals surface area (Å²) in [4.78, 5) is 12.6. The summed E-state index contributed by atoms with van der Waals surface area (Å²) in [6, 6.07) is 12.9. The Bertz CT molecular complexity index is 823. The number of nitrogens with zero attached hydrogens (tertiary/aromatic N) is 2. The van der Waals surface area contributed by atoms with Crippen LogP contribution in [-0.2, 0) is 12.8 Å². The maximum Gasteiger partial charge on any atom is 0.108 e. The van der Waals surface area contributed by atoms with Crippen LogP contribution in [0, 0.1) is 0 Å². The Morgan fingerprint density at radius 3 is 3.08 bits per heavy atom. The first-order valence-electron chi connectivity index (χ1n) is 9.66. The minimum atomic E-state index is 0.133. The van der Waals surface area contributed by atoms with Crippen molar-refractivity contribution in [1.82, 2.24) is 20.3 Å². The van der Waals surface area contributed by atoms with Crippen LogP contribution in [0.25, 0.3) is 11.0 Å². The molecule has 0 saturated heterocycles. The Labute approximate surface area is 154 Å². The molecule has 5 heteroatoms. The summed E-state index contributed by atoms with van der Waals surface area (Å²) < 4.78 is 0. The van der Waals surface area contributed by atoms with Gasteiger partial charge in [0.1, 0.15) is 5.82 Å². The van der Waals surface area contributed by atoms with Crippen LogP contribution in [0.4, 0.5) is 0 Å². The highest BCUT2D eigenvalue weighted by atomic mass is 14.9. The van der Waals surface area contributed by atoms with E-state index in [9.17, 15) is 0 Å². The molecule has 5 nitrogen and oxygen atoms in total. The fraction of sp³-hybridized carbons (Fsp3) is 0.429. The number of nitrogens with two attached hydrogens (primary N) is 1. The second-order valence-corrected chi connectivity index (χ2v) is 7.25. The van der Waals surface area contributed by atoms with E-state index >= 15 is 0 Å². The van der Waals surface area contributed by atoms with Gasteiger partial charge < -0.3 is 16.0 Å². The lowest BCUT2D eigenvalue weighted by atomic mass is 9.92. The highest BCUT2D eigenvalue weighted by molar-refractivity contribution is 5.74. The molecule has 3 aromatic rings. The van der Waals surface area contributed by atoms with Gasteiger partial charge in [0.05, 0.1) is 16.7 Å². The normalized spacial score (nSPS) is 18.0. The zero-order valence-electron chi connectivity index (χ0n) is 15.1. The summed E-state index contributed by atoms with van der Waals surface area (Å²) in [5.41, 5.74) is 11.1. The average Bonchev–Trinajstić information content (AvgIpc) is 3.07. The van der Waals surface area contributed by atoms with Gasteiger partial charge in [-0.1, -0.05) is 18.2 Å². The number of imidazole rings is 1. The van der Waals surface area contributed by atoms with Gasteiger partial charge in [-0.25, -0.2) is 4.98 Å². The van der Waals surface area contributed by atoms with Crippen molar-refractivity contribution in [3.63, 3.8) is 0 Å². The number of fused-ring (bicyclic) bond motifs is 2. The van der Waals surface area contributed by atoms with E-state index in [4.69, 9.17) is 5.73 Å². The van der Waals surface area contributed by atoms with E-state index in [-0.39, 0.29) is 6.04 Å². The van der Waals surface area contributed by atoms with Crippen molar-refractivity contribution < 1.29 is 0 Å².